The minimum absolute atomic E-state index is 0.00954. The monoisotopic (exact) mass is 591 g/mol. The quantitative estimate of drug-likeness (QED) is 0.343. The van der Waals surface area contributed by atoms with Gasteiger partial charge in [0.05, 0.1) is 28.7 Å². The molecule has 2 atom stereocenters. The molecule has 2 aromatic heterocycles. The van der Waals surface area contributed by atoms with Gasteiger partial charge in [-0.1, -0.05) is 12.1 Å². The lowest BCUT2D eigenvalue weighted by Crippen LogP contribution is -2.35. The molecule has 2 unspecified atom stereocenters. The lowest BCUT2D eigenvalue weighted by molar-refractivity contribution is -0.137. The second-order valence-corrected chi connectivity index (χ2v) is 11.2. The zero-order valence-electron chi connectivity index (χ0n) is 23.0. The Morgan fingerprint density at radius 1 is 1.07 bits per heavy atom. The van der Waals surface area contributed by atoms with Crippen molar-refractivity contribution in [2.75, 3.05) is 43.0 Å². The first-order chi connectivity index (χ1) is 20.4. The summed E-state index contributed by atoms with van der Waals surface area (Å²) < 4.78 is 5.57. The van der Waals surface area contributed by atoms with Crippen LogP contribution in [0.4, 0.5) is 11.4 Å². The van der Waals surface area contributed by atoms with Crippen LogP contribution < -0.4 is 15.5 Å². The van der Waals surface area contributed by atoms with E-state index in [0.29, 0.717) is 55.3 Å². The first kappa shape index (κ1) is 29.2. The Hall–Kier alpha value is -4.29. The highest BCUT2D eigenvalue weighted by Crippen LogP contribution is 2.30. The number of thiophene rings is 1. The van der Waals surface area contributed by atoms with Gasteiger partial charge in [-0.2, -0.15) is 0 Å². The van der Waals surface area contributed by atoms with Crippen molar-refractivity contribution in [2.24, 2.45) is 0 Å². The van der Waals surface area contributed by atoms with Crippen LogP contribution in [0.2, 0.25) is 0 Å². The van der Waals surface area contributed by atoms with E-state index in [1.807, 2.05) is 22.4 Å². The van der Waals surface area contributed by atoms with Gasteiger partial charge in [-0.15, -0.1) is 11.3 Å². The summed E-state index contributed by atoms with van der Waals surface area (Å²) in [6, 6.07) is 11.4. The van der Waals surface area contributed by atoms with Gasteiger partial charge in [-0.25, -0.2) is 0 Å². The summed E-state index contributed by atoms with van der Waals surface area (Å²) in [5, 5.41) is 17.1. The molecule has 2 aliphatic heterocycles. The number of pyridine rings is 1. The van der Waals surface area contributed by atoms with E-state index in [9.17, 15) is 24.3 Å². The summed E-state index contributed by atoms with van der Waals surface area (Å²) in [6.45, 7) is 2.86. The molecular formula is C30H33N5O6S. The van der Waals surface area contributed by atoms with Crippen molar-refractivity contribution < 1.29 is 29.0 Å². The number of carbonyl (C=O) groups is 4. The molecule has 0 spiro atoms. The maximum atomic E-state index is 13.4. The minimum atomic E-state index is -1.06. The van der Waals surface area contributed by atoms with Crippen molar-refractivity contribution in [2.45, 2.75) is 37.8 Å². The molecule has 1 aromatic carbocycles. The molecule has 2 saturated heterocycles. The third-order valence-corrected chi connectivity index (χ3v) is 8.22. The zero-order chi connectivity index (χ0) is 29.5. The maximum Gasteiger partial charge on any atom is 0.305 e. The Balaban J connectivity index is 1.37. The minimum Gasteiger partial charge on any atom is -0.481 e. The summed E-state index contributed by atoms with van der Waals surface area (Å²) in [5.41, 5.74) is 2.03. The SMILES string of the molecule is O=C(O)CC(NC(=O)c1ccc(N2CCCN(C(=O)c3cccs3)CC2)c(NC(=O)C2CCCO2)c1)c1cccnc1. The van der Waals surface area contributed by atoms with E-state index >= 15 is 0 Å². The summed E-state index contributed by atoms with van der Waals surface area (Å²) in [6.07, 6.45) is 4.37. The number of nitrogens with one attached hydrogen (secondary N) is 2. The number of carboxylic acids is 1. The van der Waals surface area contributed by atoms with Crippen molar-refractivity contribution in [3.05, 3.63) is 76.2 Å². The number of hydrogen-bond acceptors (Lipinski definition) is 8. The van der Waals surface area contributed by atoms with Crippen molar-refractivity contribution in [1.29, 1.82) is 0 Å². The molecule has 5 rings (SSSR count). The van der Waals surface area contributed by atoms with E-state index in [-0.39, 0.29) is 23.8 Å². The number of carboxylic acid groups (broad SMARTS) is 1. The average Bonchev–Trinajstić information content (AvgIpc) is 3.68. The van der Waals surface area contributed by atoms with Gasteiger partial charge in [0.2, 0.25) is 0 Å². The standard InChI is InChI=1S/C30H33N5O6S/c36-27(37)18-22(21-5-1-10-31-19-21)32-28(38)20-8-9-24(23(17-20)33-29(39)25-6-2-15-41-25)34-11-4-12-35(14-13-34)30(40)26-7-3-16-42-26/h1,3,5,7-10,16-17,19,22,25H,2,4,6,11-15,18H2,(H,32,38)(H,33,39)(H,36,37). The molecule has 0 saturated carbocycles. The Kier molecular flexibility index (Phi) is 9.45. The predicted molar refractivity (Wildman–Crippen MR) is 158 cm³/mol. The highest BCUT2D eigenvalue weighted by molar-refractivity contribution is 7.12. The van der Waals surface area contributed by atoms with Gasteiger partial charge in [-0.05, 0) is 60.5 Å². The summed E-state index contributed by atoms with van der Waals surface area (Å²) in [4.78, 5) is 59.6. The van der Waals surface area contributed by atoms with E-state index in [1.54, 1.807) is 36.5 Å². The first-order valence-corrected chi connectivity index (χ1v) is 14.8. The Bertz CT molecular complexity index is 1410. The lowest BCUT2D eigenvalue weighted by Gasteiger charge is -2.27. The van der Waals surface area contributed by atoms with Gasteiger partial charge in [0.15, 0.2) is 0 Å². The van der Waals surface area contributed by atoms with Crippen LogP contribution in [0.15, 0.2) is 60.2 Å². The van der Waals surface area contributed by atoms with Crippen molar-refractivity contribution in [3.8, 4) is 0 Å². The van der Waals surface area contributed by atoms with Crippen LogP contribution in [0, 0.1) is 0 Å². The average molecular weight is 592 g/mol. The van der Waals surface area contributed by atoms with Gasteiger partial charge < -0.3 is 30.3 Å². The highest BCUT2D eigenvalue weighted by atomic mass is 32.1. The molecule has 11 nitrogen and oxygen atoms in total. The predicted octanol–water partition coefficient (Wildman–Crippen LogP) is 3.56. The number of carbonyl (C=O) groups excluding carboxylic acids is 3. The fourth-order valence-corrected chi connectivity index (χ4v) is 5.91. The van der Waals surface area contributed by atoms with Crippen LogP contribution in [0.25, 0.3) is 0 Å². The number of anilines is 2. The van der Waals surface area contributed by atoms with E-state index in [1.165, 1.54) is 17.5 Å². The number of nitrogens with zero attached hydrogens (tertiary/aromatic N) is 3. The van der Waals surface area contributed by atoms with Crippen molar-refractivity contribution in [3.63, 3.8) is 0 Å². The molecule has 3 N–H and O–H groups in total. The van der Waals surface area contributed by atoms with Gasteiger partial charge >= 0.3 is 5.97 Å². The Labute approximate surface area is 247 Å². The summed E-state index contributed by atoms with van der Waals surface area (Å²) in [5.74, 6) is -1.81. The smallest absolute Gasteiger partial charge is 0.305 e. The molecule has 3 amide bonds. The number of amides is 3. The van der Waals surface area contributed by atoms with E-state index in [2.05, 4.69) is 20.5 Å². The number of rotatable bonds is 9. The number of ether oxygens (including phenoxy) is 1. The van der Waals surface area contributed by atoms with Gasteiger partial charge in [0.25, 0.3) is 17.7 Å². The van der Waals surface area contributed by atoms with Gasteiger partial charge in [0, 0.05) is 50.7 Å². The number of aromatic nitrogens is 1. The topological polar surface area (TPSA) is 141 Å². The molecule has 3 aromatic rings. The molecule has 42 heavy (non-hydrogen) atoms. The zero-order valence-corrected chi connectivity index (χ0v) is 23.8. The summed E-state index contributed by atoms with van der Waals surface area (Å²) >= 11 is 1.42. The highest BCUT2D eigenvalue weighted by Gasteiger charge is 2.27. The second kappa shape index (κ2) is 13.6. The lowest BCUT2D eigenvalue weighted by atomic mass is 10.0. The largest absolute Gasteiger partial charge is 0.481 e. The van der Waals surface area contributed by atoms with Crippen molar-refractivity contribution in [1.82, 2.24) is 15.2 Å². The molecule has 12 heteroatoms. The second-order valence-electron chi connectivity index (χ2n) is 10.2. The first-order valence-electron chi connectivity index (χ1n) is 14.0. The molecule has 0 aliphatic carbocycles. The normalized spacial score (nSPS) is 17.8. The van der Waals surface area contributed by atoms with Crippen LogP contribution in [-0.2, 0) is 14.3 Å². The Morgan fingerprint density at radius 3 is 2.67 bits per heavy atom. The summed E-state index contributed by atoms with van der Waals surface area (Å²) in [7, 11) is 0. The number of aliphatic carboxylic acids is 1. The maximum absolute atomic E-state index is 13.4. The molecule has 4 heterocycles. The van der Waals surface area contributed by atoms with Gasteiger partial charge in [-0.3, -0.25) is 24.2 Å². The Morgan fingerprint density at radius 2 is 1.95 bits per heavy atom. The fourth-order valence-electron chi connectivity index (χ4n) is 5.22. The number of benzene rings is 1. The van der Waals surface area contributed by atoms with Crippen LogP contribution in [0.5, 0.6) is 0 Å². The molecule has 2 fully saturated rings. The fraction of sp³-hybridized carbons (Fsp3) is 0.367. The third kappa shape index (κ3) is 7.12. The van der Waals surface area contributed by atoms with Crippen molar-refractivity contribution >= 4 is 46.4 Å². The van der Waals surface area contributed by atoms with Crippen LogP contribution in [0.1, 0.15) is 57.3 Å². The van der Waals surface area contributed by atoms with E-state index in [0.717, 1.165) is 18.5 Å². The molecular weight excluding hydrogens is 558 g/mol. The molecule has 220 valence electrons. The van der Waals surface area contributed by atoms with Crippen LogP contribution >= 0.6 is 11.3 Å². The number of hydrogen-bond donors (Lipinski definition) is 3. The van der Waals surface area contributed by atoms with Gasteiger partial charge in [0.1, 0.15) is 6.10 Å². The van der Waals surface area contributed by atoms with E-state index < -0.39 is 24.0 Å². The third-order valence-electron chi connectivity index (χ3n) is 7.37. The molecule has 2 aliphatic rings. The molecule has 0 bridgehead atoms. The van der Waals surface area contributed by atoms with Crippen LogP contribution in [0.3, 0.4) is 0 Å². The van der Waals surface area contributed by atoms with Crippen LogP contribution in [-0.4, -0.2) is 77.6 Å². The van der Waals surface area contributed by atoms with E-state index in [4.69, 9.17) is 4.74 Å². The molecule has 0 radical (unpaired) electrons.